The second-order valence-corrected chi connectivity index (χ2v) is 3.38. The summed E-state index contributed by atoms with van der Waals surface area (Å²) in [5.41, 5.74) is 0.0741. The van der Waals surface area contributed by atoms with Crippen LogP contribution >= 0.6 is 0 Å². The van der Waals surface area contributed by atoms with Crippen LogP contribution < -0.4 is 10.1 Å². The SMILES string of the molecule is CC(=O)Nc1ccc(OCC(=O)O)c(C(=O)O)c1. The number of carbonyl (C=O) groups is 3. The van der Waals surface area contributed by atoms with E-state index in [1.54, 1.807) is 0 Å². The molecule has 0 saturated carbocycles. The Morgan fingerprint density at radius 2 is 1.94 bits per heavy atom. The Kier molecular flexibility index (Phi) is 4.25. The topological polar surface area (TPSA) is 113 Å². The first kappa shape index (κ1) is 13.5. The summed E-state index contributed by atoms with van der Waals surface area (Å²) in [5, 5.41) is 19.8. The molecule has 0 spiro atoms. The molecule has 0 unspecified atom stereocenters. The number of hydrogen-bond donors (Lipinski definition) is 3. The number of ether oxygens (including phenoxy) is 1. The summed E-state index contributed by atoms with van der Waals surface area (Å²) in [6.07, 6.45) is 0. The van der Waals surface area contributed by atoms with Gasteiger partial charge >= 0.3 is 11.9 Å². The maximum Gasteiger partial charge on any atom is 0.341 e. The fourth-order valence-corrected chi connectivity index (χ4v) is 1.24. The molecule has 0 atom stereocenters. The molecular formula is C11H11NO6. The van der Waals surface area contributed by atoms with E-state index in [1.165, 1.54) is 25.1 Å². The molecule has 18 heavy (non-hydrogen) atoms. The Morgan fingerprint density at radius 3 is 2.44 bits per heavy atom. The number of nitrogens with one attached hydrogen (secondary N) is 1. The van der Waals surface area contributed by atoms with Crippen LogP contribution in [-0.4, -0.2) is 34.7 Å². The lowest BCUT2D eigenvalue weighted by Gasteiger charge is -2.09. The van der Waals surface area contributed by atoms with Crippen molar-refractivity contribution in [3.63, 3.8) is 0 Å². The minimum absolute atomic E-state index is 0.0704. The third-order valence-electron chi connectivity index (χ3n) is 1.88. The van der Waals surface area contributed by atoms with Gasteiger partial charge in [0.25, 0.3) is 0 Å². The molecule has 0 fully saturated rings. The number of carboxylic acid groups (broad SMARTS) is 2. The summed E-state index contributed by atoms with van der Waals surface area (Å²) in [4.78, 5) is 32.1. The highest BCUT2D eigenvalue weighted by Gasteiger charge is 2.13. The zero-order valence-corrected chi connectivity index (χ0v) is 9.47. The lowest BCUT2D eigenvalue weighted by molar-refractivity contribution is -0.139. The lowest BCUT2D eigenvalue weighted by atomic mass is 10.1. The maximum absolute atomic E-state index is 11.0. The molecule has 7 heteroatoms. The Balaban J connectivity index is 3.00. The minimum atomic E-state index is -1.28. The normalized spacial score (nSPS) is 9.61. The molecule has 96 valence electrons. The van der Waals surface area contributed by atoms with Crippen molar-refractivity contribution in [3.05, 3.63) is 23.8 Å². The Morgan fingerprint density at radius 1 is 1.28 bits per heavy atom. The standard InChI is InChI=1S/C11H11NO6/c1-6(13)12-7-2-3-9(18-5-10(14)15)8(4-7)11(16)17/h2-4H,5H2,1H3,(H,12,13)(H,14,15)(H,16,17). The van der Waals surface area contributed by atoms with Gasteiger partial charge in [-0.05, 0) is 18.2 Å². The number of anilines is 1. The summed E-state index contributed by atoms with van der Waals surface area (Å²) < 4.78 is 4.83. The van der Waals surface area contributed by atoms with E-state index in [2.05, 4.69) is 5.32 Å². The smallest absolute Gasteiger partial charge is 0.341 e. The van der Waals surface area contributed by atoms with E-state index in [0.29, 0.717) is 5.69 Å². The van der Waals surface area contributed by atoms with Gasteiger partial charge in [0, 0.05) is 12.6 Å². The van der Waals surface area contributed by atoms with E-state index < -0.39 is 18.5 Å². The van der Waals surface area contributed by atoms with Crippen LogP contribution in [0.5, 0.6) is 5.75 Å². The van der Waals surface area contributed by atoms with Crippen molar-refractivity contribution in [2.75, 3.05) is 11.9 Å². The lowest BCUT2D eigenvalue weighted by Crippen LogP contribution is -2.13. The van der Waals surface area contributed by atoms with Crippen molar-refractivity contribution in [1.29, 1.82) is 0 Å². The summed E-state index contributed by atoms with van der Waals surface area (Å²) >= 11 is 0. The zero-order chi connectivity index (χ0) is 13.7. The molecule has 0 aliphatic carbocycles. The van der Waals surface area contributed by atoms with Gasteiger partial charge in [-0.1, -0.05) is 0 Å². The second-order valence-electron chi connectivity index (χ2n) is 3.38. The number of hydrogen-bond acceptors (Lipinski definition) is 4. The summed E-state index contributed by atoms with van der Waals surface area (Å²) in [5.74, 6) is -2.90. The Labute approximate surface area is 102 Å². The van der Waals surface area contributed by atoms with Crippen LogP contribution in [-0.2, 0) is 9.59 Å². The predicted octanol–water partition coefficient (Wildman–Crippen LogP) is 0.807. The van der Waals surface area contributed by atoms with Gasteiger partial charge in [0.15, 0.2) is 6.61 Å². The van der Waals surface area contributed by atoms with E-state index in [1.807, 2.05) is 0 Å². The van der Waals surface area contributed by atoms with Crippen LogP contribution in [0.2, 0.25) is 0 Å². The van der Waals surface area contributed by atoms with Gasteiger partial charge in [0.05, 0.1) is 0 Å². The molecule has 0 radical (unpaired) electrons. The Bertz CT molecular complexity index is 496. The van der Waals surface area contributed by atoms with E-state index in [-0.39, 0.29) is 17.2 Å². The summed E-state index contributed by atoms with van der Waals surface area (Å²) in [6, 6.07) is 3.91. The first-order valence-corrected chi connectivity index (χ1v) is 4.89. The van der Waals surface area contributed by atoms with Gasteiger partial charge in [-0.2, -0.15) is 0 Å². The number of benzene rings is 1. The van der Waals surface area contributed by atoms with Crippen molar-refractivity contribution in [1.82, 2.24) is 0 Å². The van der Waals surface area contributed by atoms with Crippen LogP contribution in [0, 0.1) is 0 Å². The van der Waals surface area contributed by atoms with Gasteiger partial charge in [-0.15, -0.1) is 0 Å². The van der Waals surface area contributed by atoms with E-state index in [9.17, 15) is 14.4 Å². The van der Waals surface area contributed by atoms with Crippen molar-refractivity contribution in [2.45, 2.75) is 6.92 Å². The number of amides is 1. The molecule has 1 rings (SSSR count). The highest BCUT2D eigenvalue weighted by atomic mass is 16.5. The third-order valence-corrected chi connectivity index (χ3v) is 1.88. The molecule has 0 aliphatic heterocycles. The maximum atomic E-state index is 11.0. The highest BCUT2D eigenvalue weighted by Crippen LogP contribution is 2.23. The average Bonchev–Trinajstić information content (AvgIpc) is 2.26. The van der Waals surface area contributed by atoms with Crippen molar-refractivity contribution in [3.8, 4) is 5.75 Å². The fourth-order valence-electron chi connectivity index (χ4n) is 1.24. The van der Waals surface area contributed by atoms with Crippen LogP contribution in [0.25, 0.3) is 0 Å². The third kappa shape index (κ3) is 3.78. The van der Waals surface area contributed by atoms with Crippen LogP contribution in [0.4, 0.5) is 5.69 Å². The largest absolute Gasteiger partial charge is 0.481 e. The first-order chi connectivity index (χ1) is 8.40. The van der Waals surface area contributed by atoms with Crippen LogP contribution in [0.3, 0.4) is 0 Å². The number of carbonyl (C=O) groups excluding carboxylic acids is 1. The van der Waals surface area contributed by atoms with Gasteiger partial charge in [-0.3, -0.25) is 4.79 Å². The summed E-state index contributed by atoms with van der Waals surface area (Å²) in [7, 11) is 0. The summed E-state index contributed by atoms with van der Waals surface area (Å²) in [6.45, 7) is 0.648. The van der Waals surface area contributed by atoms with Gasteiger partial charge in [0.2, 0.25) is 5.91 Å². The van der Waals surface area contributed by atoms with Gasteiger partial charge < -0.3 is 20.3 Å². The molecule has 0 saturated heterocycles. The number of aromatic carboxylic acids is 1. The second kappa shape index (κ2) is 5.67. The number of aliphatic carboxylic acids is 1. The fraction of sp³-hybridized carbons (Fsp3) is 0.182. The van der Waals surface area contributed by atoms with Gasteiger partial charge in [-0.25, -0.2) is 9.59 Å². The van der Waals surface area contributed by atoms with E-state index in [4.69, 9.17) is 14.9 Å². The molecule has 0 heterocycles. The van der Waals surface area contributed by atoms with Crippen molar-refractivity contribution >= 4 is 23.5 Å². The number of carboxylic acids is 2. The predicted molar refractivity (Wildman–Crippen MR) is 60.8 cm³/mol. The number of rotatable bonds is 5. The molecule has 1 aromatic carbocycles. The first-order valence-electron chi connectivity index (χ1n) is 4.89. The molecule has 3 N–H and O–H groups in total. The molecule has 1 amide bonds. The molecule has 0 aromatic heterocycles. The highest BCUT2D eigenvalue weighted by molar-refractivity contribution is 5.95. The molecule has 7 nitrogen and oxygen atoms in total. The molecule has 0 bridgehead atoms. The monoisotopic (exact) mass is 253 g/mol. The Hall–Kier alpha value is -2.57. The molecular weight excluding hydrogens is 242 g/mol. The van der Waals surface area contributed by atoms with E-state index in [0.717, 1.165) is 0 Å². The molecule has 0 aliphatic rings. The minimum Gasteiger partial charge on any atom is -0.481 e. The van der Waals surface area contributed by atoms with Gasteiger partial charge in [0.1, 0.15) is 11.3 Å². The quantitative estimate of drug-likeness (QED) is 0.715. The zero-order valence-electron chi connectivity index (χ0n) is 9.47. The van der Waals surface area contributed by atoms with Crippen molar-refractivity contribution < 1.29 is 29.3 Å². The molecule has 1 aromatic rings. The average molecular weight is 253 g/mol. The van der Waals surface area contributed by atoms with Crippen LogP contribution in [0.1, 0.15) is 17.3 Å². The van der Waals surface area contributed by atoms with Crippen LogP contribution in [0.15, 0.2) is 18.2 Å². The van der Waals surface area contributed by atoms with Crippen molar-refractivity contribution in [2.24, 2.45) is 0 Å². The van der Waals surface area contributed by atoms with E-state index >= 15 is 0 Å².